The van der Waals surface area contributed by atoms with Gasteiger partial charge in [-0.05, 0) is 18.9 Å². The van der Waals surface area contributed by atoms with Crippen LogP contribution < -0.4 is 10.6 Å². The average molecular weight is 246 g/mol. The number of nitrogen functional groups attached to an aromatic ring is 1. The standard InChI is InChI=1S/C12H14N4O2/c13-4-1-5-16(9-2-3-9)11-10(14)6-8(7-15-11)12(17)18/h6-7,9H,1-3,5,14H2,(H,17,18). The summed E-state index contributed by atoms with van der Waals surface area (Å²) in [6.07, 6.45) is 3.83. The van der Waals surface area contributed by atoms with E-state index in [1.54, 1.807) is 0 Å². The molecule has 0 atom stereocenters. The number of hydrogen-bond donors (Lipinski definition) is 2. The molecule has 1 aromatic rings. The molecule has 1 aliphatic rings. The van der Waals surface area contributed by atoms with E-state index in [9.17, 15) is 4.79 Å². The molecule has 0 amide bonds. The molecule has 1 saturated carbocycles. The van der Waals surface area contributed by atoms with Crippen LogP contribution in [-0.4, -0.2) is 28.6 Å². The SMILES string of the molecule is N#CCCN(c1ncc(C(=O)O)cc1N)C1CC1. The highest BCUT2D eigenvalue weighted by atomic mass is 16.4. The summed E-state index contributed by atoms with van der Waals surface area (Å²) in [5.41, 5.74) is 6.27. The lowest BCUT2D eigenvalue weighted by atomic mass is 10.2. The Bertz CT molecular complexity index is 505. The molecule has 1 aliphatic carbocycles. The van der Waals surface area contributed by atoms with Crippen molar-refractivity contribution in [3.63, 3.8) is 0 Å². The van der Waals surface area contributed by atoms with Gasteiger partial charge >= 0.3 is 5.97 Å². The van der Waals surface area contributed by atoms with Crippen molar-refractivity contribution in [3.05, 3.63) is 17.8 Å². The van der Waals surface area contributed by atoms with Gasteiger partial charge in [-0.15, -0.1) is 0 Å². The van der Waals surface area contributed by atoms with Crippen LogP contribution in [0.25, 0.3) is 0 Å². The topological polar surface area (TPSA) is 103 Å². The van der Waals surface area contributed by atoms with Crippen molar-refractivity contribution in [3.8, 4) is 6.07 Å². The molecule has 1 aromatic heterocycles. The largest absolute Gasteiger partial charge is 0.478 e. The molecule has 0 bridgehead atoms. The first-order chi connectivity index (χ1) is 8.63. The van der Waals surface area contributed by atoms with Crippen molar-refractivity contribution in [1.29, 1.82) is 5.26 Å². The molecule has 0 spiro atoms. The molecule has 0 unspecified atom stereocenters. The minimum atomic E-state index is -1.05. The van der Waals surface area contributed by atoms with Gasteiger partial charge in [-0.3, -0.25) is 0 Å². The van der Waals surface area contributed by atoms with Crippen LogP contribution in [0.15, 0.2) is 12.3 Å². The second kappa shape index (κ2) is 4.92. The van der Waals surface area contributed by atoms with Crippen LogP contribution in [0.3, 0.4) is 0 Å². The minimum absolute atomic E-state index is 0.0762. The van der Waals surface area contributed by atoms with Gasteiger partial charge in [0.2, 0.25) is 0 Å². The average Bonchev–Trinajstić information content (AvgIpc) is 3.15. The monoisotopic (exact) mass is 246 g/mol. The molecular weight excluding hydrogens is 232 g/mol. The normalized spacial score (nSPS) is 13.9. The van der Waals surface area contributed by atoms with Gasteiger partial charge in [-0.25, -0.2) is 9.78 Å². The Kier molecular flexibility index (Phi) is 3.33. The van der Waals surface area contributed by atoms with E-state index in [1.807, 2.05) is 4.90 Å². The molecule has 0 radical (unpaired) electrons. The summed E-state index contributed by atoms with van der Waals surface area (Å²) in [4.78, 5) is 16.9. The van der Waals surface area contributed by atoms with Gasteiger partial charge in [-0.2, -0.15) is 5.26 Å². The lowest BCUT2D eigenvalue weighted by molar-refractivity contribution is 0.0696. The molecule has 3 N–H and O–H groups in total. The lowest BCUT2D eigenvalue weighted by Gasteiger charge is -2.23. The van der Waals surface area contributed by atoms with Crippen LogP contribution in [0.2, 0.25) is 0 Å². The van der Waals surface area contributed by atoms with Gasteiger partial charge < -0.3 is 15.7 Å². The number of anilines is 2. The van der Waals surface area contributed by atoms with E-state index in [0.29, 0.717) is 30.5 Å². The van der Waals surface area contributed by atoms with Crippen molar-refractivity contribution in [2.75, 3.05) is 17.2 Å². The van der Waals surface area contributed by atoms with E-state index in [1.165, 1.54) is 12.3 Å². The quantitative estimate of drug-likeness (QED) is 0.810. The summed E-state index contributed by atoms with van der Waals surface area (Å²) >= 11 is 0. The van der Waals surface area contributed by atoms with Crippen LogP contribution in [0, 0.1) is 11.3 Å². The number of hydrogen-bond acceptors (Lipinski definition) is 5. The zero-order chi connectivity index (χ0) is 13.1. The van der Waals surface area contributed by atoms with Crippen molar-refractivity contribution in [1.82, 2.24) is 4.98 Å². The first-order valence-corrected chi connectivity index (χ1v) is 5.76. The molecule has 0 aliphatic heterocycles. The van der Waals surface area contributed by atoms with E-state index < -0.39 is 5.97 Å². The van der Waals surface area contributed by atoms with Crippen LogP contribution in [0.5, 0.6) is 0 Å². The molecule has 2 rings (SSSR count). The number of aromatic nitrogens is 1. The Labute approximate surface area is 105 Å². The predicted octanol–water partition coefficient (Wildman–Crippen LogP) is 1.24. The lowest BCUT2D eigenvalue weighted by Crippen LogP contribution is -2.28. The number of carbonyl (C=O) groups is 1. The van der Waals surface area contributed by atoms with E-state index in [0.717, 1.165) is 12.8 Å². The zero-order valence-electron chi connectivity index (χ0n) is 9.83. The number of carboxylic acids is 1. The highest BCUT2D eigenvalue weighted by molar-refractivity contribution is 5.89. The van der Waals surface area contributed by atoms with E-state index >= 15 is 0 Å². The Morgan fingerprint density at radius 2 is 2.39 bits per heavy atom. The Balaban J connectivity index is 2.25. The van der Waals surface area contributed by atoms with Crippen molar-refractivity contribution >= 4 is 17.5 Å². The number of nitriles is 1. The summed E-state index contributed by atoms with van der Waals surface area (Å²) in [7, 11) is 0. The summed E-state index contributed by atoms with van der Waals surface area (Å²) < 4.78 is 0. The fraction of sp³-hybridized carbons (Fsp3) is 0.417. The molecule has 1 fully saturated rings. The second-order valence-corrected chi connectivity index (χ2v) is 4.27. The van der Waals surface area contributed by atoms with Gasteiger partial charge in [0, 0.05) is 18.8 Å². The Hall–Kier alpha value is -2.29. The molecular formula is C12H14N4O2. The summed E-state index contributed by atoms with van der Waals surface area (Å²) in [5.74, 6) is -0.464. The van der Waals surface area contributed by atoms with Crippen molar-refractivity contribution in [2.24, 2.45) is 0 Å². The summed E-state index contributed by atoms with van der Waals surface area (Å²) in [5, 5.41) is 17.5. The number of nitrogens with two attached hydrogens (primary N) is 1. The number of rotatable bonds is 5. The number of pyridine rings is 1. The molecule has 0 saturated heterocycles. The first kappa shape index (κ1) is 12.2. The van der Waals surface area contributed by atoms with Crippen LogP contribution in [0.1, 0.15) is 29.6 Å². The van der Waals surface area contributed by atoms with Crippen LogP contribution >= 0.6 is 0 Å². The third kappa shape index (κ3) is 2.51. The van der Waals surface area contributed by atoms with Gasteiger partial charge in [0.25, 0.3) is 0 Å². The van der Waals surface area contributed by atoms with Gasteiger partial charge in [0.05, 0.1) is 23.7 Å². The smallest absolute Gasteiger partial charge is 0.337 e. The van der Waals surface area contributed by atoms with Crippen molar-refractivity contribution in [2.45, 2.75) is 25.3 Å². The maximum atomic E-state index is 10.8. The van der Waals surface area contributed by atoms with Crippen molar-refractivity contribution < 1.29 is 9.90 Å². The fourth-order valence-electron chi connectivity index (χ4n) is 1.85. The molecule has 18 heavy (non-hydrogen) atoms. The zero-order valence-corrected chi connectivity index (χ0v) is 9.83. The van der Waals surface area contributed by atoms with Gasteiger partial charge in [0.15, 0.2) is 5.82 Å². The molecule has 6 heteroatoms. The molecule has 6 nitrogen and oxygen atoms in total. The van der Waals surface area contributed by atoms with Gasteiger partial charge in [0.1, 0.15) is 0 Å². The number of nitrogens with zero attached hydrogens (tertiary/aromatic N) is 3. The fourth-order valence-corrected chi connectivity index (χ4v) is 1.85. The van der Waals surface area contributed by atoms with Crippen LogP contribution in [-0.2, 0) is 0 Å². The maximum Gasteiger partial charge on any atom is 0.337 e. The maximum absolute atomic E-state index is 10.8. The minimum Gasteiger partial charge on any atom is -0.478 e. The van der Waals surface area contributed by atoms with E-state index in [4.69, 9.17) is 16.1 Å². The van der Waals surface area contributed by atoms with E-state index in [-0.39, 0.29) is 5.56 Å². The third-order valence-corrected chi connectivity index (χ3v) is 2.87. The van der Waals surface area contributed by atoms with Crippen LogP contribution in [0.4, 0.5) is 11.5 Å². The highest BCUT2D eigenvalue weighted by Crippen LogP contribution is 2.33. The Morgan fingerprint density at radius 3 is 2.89 bits per heavy atom. The predicted molar refractivity (Wildman–Crippen MR) is 66.2 cm³/mol. The summed E-state index contributed by atoms with van der Waals surface area (Å²) in [6.45, 7) is 0.574. The molecule has 0 aromatic carbocycles. The number of aromatic carboxylic acids is 1. The highest BCUT2D eigenvalue weighted by Gasteiger charge is 2.30. The van der Waals surface area contributed by atoms with E-state index in [2.05, 4.69) is 11.1 Å². The molecule has 1 heterocycles. The van der Waals surface area contributed by atoms with Gasteiger partial charge in [-0.1, -0.05) is 0 Å². The molecule has 94 valence electrons. The summed E-state index contributed by atoms with van der Waals surface area (Å²) in [6, 6.07) is 3.88. The second-order valence-electron chi connectivity index (χ2n) is 4.27. The first-order valence-electron chi connectivity index (χ1n) is 5.76. The number of carboxylic acid groups (broad SMARTS) is 1. The third-order valence-electron chi connectivity index (χ3n) is 2.87. The Morgan fingerprint density at radius 1 is 1.67 bits per heavy atom.